The van der Waals surface area contributed by atoms with Crippen molar-refractivity contribution in [2.45, 2.75) is 13.3 Å². The van der Waals surface area contributed by atoms with E-state index in [1.54, 1.807) is 14.0 Å². The van der Waals surface area contributed by atoms with Gasteiger partial charge in [-0.25, -0.2) is 0 Å². The molecule has 0 fully saturated rings. The summed E-state index contributed by atoms with van der Waals surface area (Å²) in [6.07, 6.45) is 0.650. The van der Waals surface area contributed by atoms with Gasteiger partial charge in [-0.2, -0.15) is 4.98 Å². The highest BCUT2D eigenvalue weighted by molar-refractivity contribution is 5.72. The fraction of sp³-hybridized carbons (Fsp3) is 0.333. The highest BCUT2D eigenvalue weighted by atomic mass is 16.5. The molecule has 96 valence electrons. The Morgan fingerprint density at radius 1 is 1.44 bits per heavy atom. The molecule has 0 saturated heterocycles. The van der Waals surface area contributed by atoms with Gasteiger partial charge in [-0.3, -0.25) is 0 Å². The molecule has 3 N–H and O–H groups in total. The monoisotopic (exact) mass is 248 g/mol. The summed E-state index contributed by atoms with van der Waals surface area (Å²) >= 11 is 0. The summed E-state index contributed by atoms with van der Waals surface area (Å²) in [5.41, 5.74) is 7.38. The highest BCUT2D eigenvalue weighted by Crippen LogP contribution is 2.28. The van der Waals surface area contributed by atoms with Crippen molar-refractivity contribution in [1.82, 2.24) is 10.1 Å². The molecular formula is C12H16N4O2. The molecule has 1 aromatic heterocycles. The zero-order chi connectivity index (χ0) is 13.0. The summed E-state index contributed by atoms with van der Waals surface area (Å²) in [6.45, 7) is 2.46. The van der Waals surface area contributed by atoms with Crippen LogP contribution in [-0.2, 0) is 6.42 Å². The van der Waals surface area contributed by atoms with E-state index < -0.39 is 0 Å². The maximum Gasteiger partial charge on any atom is 0.228 e. The molecule has 0 aliphatic carbocycles. The summed E-state index contributed by atoms with van der Waals surface area (Å²) in [5, 5.41) is 6.94. The van der Waals surface area contributed by atoms with Crippen LogP contribution >= 0.6 is 0 Å². The van der Waals surface area contributed by atoms with Gasteiger partial charge in [-0.1, -0.05) is 11.2 Å². The van der Waals surface area contributed by atoms with Crippen molar-refractivity contribution < 1.29 is 9.26 Å². The Labute approximate surface area is 105 Å². The minimum absolute atomic E-state index is 0.599. The smallest absolute Gasteiger partial charge is 0.228 e. The van der Waals surface area contributed by atoms with Crippen LogP contribution in [0, 0.1) is 6.92 Å². The number of rotatable bonds is 5. The zero-order valence-corrected chi connectivity index (χ0v) is 10.4. The SMILES string of the molecule is COc1cccc(NCCc2nc(C)no2)c1N. The molecule has 0 radical (unpaired) electrons. The quantitative estimate of drug-likeness (QED) is 0.782. The second-order valence-electron chi connectivity index (χ2n) is 3.83. The van der Waals surface area contributed by atoms with Crippen molar-refractivity contribution in [2.75, 3.05) is 24.7 Å². The standard InChI is InChI=1S/C12H16N4O2/c1-8-15-11(18-16-8)6-7-14-9-4-3-5-10(17-2)12(9)13/h3-5,14H,6-7,13H2,1-2H3. The number of nitrogens with zero attached hydrogens (tertiary/aromatic N) is 2. The fourth-order valence-electron chi connectivity index (χ4n) is 1.62. The Bertz CT molecular complexity index is 525. The third-order valence-corrected chi connectivity index (χ3v) is 2.51. The predicted molar refractivity (Wildman–Crippen MR) is 68.6 cm³/mol. The van der Waals surface area contributed by atoms with Crippen molar-refractivity contribution >= 4 is 11.4 Å². The highest BCUT2D eigenvalue weighted by Gasteiger charge is 2.06. The molecule has 2 aromatic rings. The first-order chi connectivity index (χ1) is 8.70. The lowest BCUT2D eigenvalue weighted by atomic mass is 10.2. The first-order valence-electron chi connectivity index (χ1n) is 5.66. The maximum absolute atomic E-state index is 5.94. The largest absolute Gasteiger partial charge is 0.495 e. The van der Waals surface area contributed by atoms with Crippen LogP contribution in [-0.4, -0.2) is 23.8 Å². The topological polar surface area (TPSA) is 86.2 Å². The van der Waals surface area contributed by atoms with Crippen LogP contribution in [0.15, 0.2) is 22.7 Å². The molecule has 0 amide bonds. The molecule has 0 aliphatic heterocycles. The molecule has 6 nitrogen and oxygen atoms in total. The van der Waals surface area contributed by atoms with E-state index >= 15 is 0 Å². The van der Waals surface area contributed by atoms with Crippen LogP contribution in [0.1, 0.15) is 11.7 Å². The average molecular weight is 248 g/mol. The van der Waals surface area contributed by atoms with E-state index in [2.05, 4.69) is 15.5 Å². The lowest BCUT2D eigenvalue weighted by Crippen LogP contribution is -2.07. The Morgan fingerprint density at radius 3 is 2.94 bits per heavy atom. The minimum Gasteiger partial charge on any atom is -0.495 e. The van der Waals surface area contributed by atoms with E-state index in [4.69, 9.17) is 15.0 Å². The van der Waals surface area contributed by atoms with Crippen LogP contribution in [0.5, 0.6) is 5.75 Å². The summed E-state index contributed by atoms with van der Waals surface area (Å²) in [4.78, 5) is 4.12. The molecule has 1 heterocycles. The van der Waals surface area contributed by atoms with E-state index in [-0.39, 0.29) is 0 Å². The van der Waals surface area contributed by atoms with Gasteiger partial charge in [0.15, 0.2) is 5.82 Å². The predicted octanol–water partition coefficient (Wildman–Crippen LogP) is 1.62. The van der Waals surface area contributed by atoms with Crippen molar-refractivity contribution in [1.29, 1.82) is 0 Å². The minimum atomic E-state index is 0.599. The molecule has 0 unspecified atom stereocenters. The molecule has 0 aliphatic rings. The van der Waals surface area contributed by atoms with Crippen LogP contribution in [0.25, 0.3) is 0 Å². The second-order valence-corrected chi connectivity index (χ2v) is 3.83. The number of hydrogen-bond donors (Lipinski definition) is 2. The van der Waals surface area contributed by atoms with Crippen molar-refractivity contribution in [3.63, 3.8) is 0 Å². The van der Waals surface area contributed by atoms with Gasteiger partial charge >= 0.3 is 0 Å². The van der Waals surface area contributed by atoms with E-state index in [1.807, 2.05) is 18.2 Å². The van der Waals surface area contributed by atoms with Gasteiger partial charge in [0, 0.05) is 13.0 Å². The van der Waals surface area contributed by atoms with E-state index in [1.165, 1.54) is 0 Å². The molecule has 0 atom stereocenters. The Balaban J connectivity index is 1.94. The Hall–Kier alpha value is -2.24. The summed E-state index contributed by atoms with van der Waals surface area (Å²) in [6, 6.07) is 5.60. The van der Waals surface area contributed by atoms with Gasteiger partial charge in [-0.05, 0) is 19.1 Å². The van der Waals surface area contributed by atoms with Gasteiger partial charge in [0.1, 0.15) is 5.75 Å². The lowest BCUT2D eigenvalue weighted by molar-refractivity contribution is 0.377. The number of nitrogens with two attached hydrogens (primary N) is 1. The summed E-state index contributed by atoms with van der Waals surface area (Å²) < 4.78 is 10.2. The molecule has 0 bridgehead atoms. The third-order valence-electron chi connectivity index (χ3n) is 2.51. The summed E-state index contributed by atoms with van der Waals surface area (Å²) in [5.74, 6) is 1.92. The number of methoxy groups -OCH3 is 1. The zero-order valence-electron chi connectivity index (χ0n) is 10.4. The van der Waals surface area contributed by atoms with Crippen molar-refractivity contribution in [2.24, 2.45) is 0 Å². The van der Waals surface area contributed by atoms with E-state index in [0.717, 1.165) is 5.69 Å². The van der Waals surface area contributed by atoms with Crippen molar-refractivity contribution in [3.8, 4) is 5.75 Å². The molecule has 0 saturated carbocycles. The average Bonchev–Trinajstić information content (AvgIpc) is 2.77. The number of aromatic nitrogens is 2. The number of nitrogen functional groups attached to an aromatic ring is 1. The number of hydrogen-bond acceptors (Lipinski definition) is 6. The van der Waals surface area contributed by atoms with Gasteiger partial charge < -0.3 is 20.3 Å². The number of nitrogens with one attached hydrogen (secondary N) is 1. The van der Waals surface area contributed by atoms with E-state index in [0.29, 0.717) is 36.1 Å². The fourth-order valence-corrected chi connectivity index (χ4v) is 1.62. The first kappa shape index (κ1) is 12.2. The van der Waals surface area contributed by atoms with Crippen molar-refractivity contribution in [3.05, 3.63) is 29.9 Å². The van der Waals surface area contributed by atoms with Crippen LogP contribution < -0.4 is 15.8 Å². The van der Waals surface area contributed by atoms with Gasteiger partial charge in [0.25, 0.3) is 0 Å². The molecule has 2 rings (SSSR count). The van der Waals surface area contributed by atoms with Gasteiger partial charge in [0.2, 0.25) is 5.89 Å². The number of ether oxygens (including phenoxy) is 1. The normalized spacial score (nSPS) is 10.3. The maximum atomic E-state index is 5.94. The third kappa shape index (κ3) is 2.71. The van der Waals surface area contributed by atoms with Gasteiger partial charge in [-0.15, -0.1) is 0 Å². The van der Waals surface area contributed by atoms with Gasteiger partial charge in [0.05, 0.1) is 18.5 Å². The molecule has 18 heavy (non-hydrogen) atoms. The molecular weight excluding hydrogens is 232 g/mol. The van der Waals surface area contributed by atoms with E-state index in [9.17, 15) is 0 Å². The number of anilines is 2. The molecule has 1 aromatic carbocycles. The van der Waals surface area contributed by atoms with Crippen LogP contribution in [0.4, 0.5) is 11.4 Å². The summed E-state index contributed by atoms with van der Waals surface area (Å²) in [7, 11) is 1.59. The number of benzene rings is 1. The number of para-hydroxylation sites is 1. The van der Waals surface area contributed by atoms with Crippen LogP contribution in [0.3, 0.4) is 0 Å². The lowest BCUT2D eigenvalue weighted by Gasteiger charge is -2.11. The second kappa shape index (κ2) is 5.39. The number of aryl methyl sites for hydroxylation is 1. The Kier molecular flexibility index (Phi) is 3.66. The Morgan fingerprint density at radius 2 is 2.28 bits per heavy atom. The molecule has 6 heteroatoms. The van der Waals surface area contributed by atoms with Crippen LogP contribution in [0.2, 0.25) is 0 Å². The molecule has 0 spiro atoms. The first-order valence-corrected chi connectivity index (χ1v) is 5.66.